The highest BCUT2D eigenvalue weighted by Crippen LogP contribution is 2.57. The van der Waals surface area contributed by atoms with E-state index >= 15 is 0 Å². The Morgan fingerprint density at radius 1 is 0.857 bits per heavy atom. The highest BCUT2D eigenvalue weighted by Gasteiger charge is 2.74. The van der Waals surface area contributed by atoms with Crippen molar-refractivity contribution in [3.8, 4) is 5.75 Å². The summed E-state index contributed by atoms with van der Waals surface area (Å²) in [4.78, 5) is 56.2. The van der Waals surface area contributed by atoms with Crippen LogP contribution in [0.2, 0.25) is 5.02 Å². The van der Waals surface area contributed by atoms with Crippen LogP contribution in [-0.2, 0) is 14.3 Å². The van der Waals surface area contributed by atoms with Crippen LogP contribution in [0.3, 0.4) is 0 Å². The third-order valence-corrected chi connectivity index (χ3v) is 7.28. The molecule has 0 radical (unpaired) electrons. The Morgan fingerprint density at radius 2 is 1.51 bits per heavy atom. The Labute approximate surface area is 205 Å². The molecule has 2 saturated heterocycles. The van der Waals surface area contributed by atoms with Gasteiger partial charge < -0.3 is 9.47 Å². The van der Waals surface area contributed by atoms with Crippen molar-refractivity contribution in [2.45, 2.75) is 11.7 Å². The zero-order valence-electron chi connectivity index (χ0n) is 18.4. The molecule has 1 aliphatic carbocycles. The maximum atomic E-state index is 13.9. The van der Waals surface area contributed by atoms with Crippen LogP contribution in [0.1, 0.15) is 32.4 Å². The molecule has 174 valence electrons. The molecule has 7 nitrogen and oxygen atoms in total. The van der Waals surface area contributed by atoms with Gasteiger partial charge in [-0.25, -0.2) is 4.90 Å². The van der Waals surface area contributed by atoms with E-state index in [9.17, 15) is 19.2 Å². The van der Waals surface area contributed by atoms with Gasteiger partial charge in [0.25, 0.3) is 0 Å². The van der Waals surface area contributed by atoms with E-state index in [0.717, 1.165) is 4.90 Å². The topological polar surface area (TPSA) is 90.0 Å². The molecule has 2 aliphatic heterocycles. The molecule has 3 aromatic rings. The summed E-state index contributed by atoms with van der Waals surface area (Å²) in [7, 11) is 1.48. The monoisotopic (exact) mass is 487 g/mol. The fourth-order valence-corrected chi connectivity index (χ4v) is 5.60. The van der Waals surface area contributed by atoms with E-state index in [-0.39, 0.29) is 11.1 Å². The van der Waals surface area contributed by atoms with Gasteiger partial charge in [-0.2, -0.15) is 0 Å². The first-order chi connectivity index (χ1) is 16.9. The van der Waals surface area contributed by atoms with Gasteiger partial charge in [0, 0.05) is 22.2 Å². The molecule has 0 aromatic heterocycles. The summed E-state index contributed by atoms with van der Waals surface area (Å²) in [5.41, 5.74) is -0.888. The van der Waals surface area contributed by atoms with Gasteiger partial charge in [0.2, 0.25) is 29.0 Å². The Bertz CT molecular complexity index is 1400. The first-order valence-corrected chi connectivity index (χ1v) is 11.4. The standard InChI is InChI=1S/C27H18ClNO6/c1-34-17-6-4-5-16(13-17)29-25(32)20-21(26(29)33)27(35-22(20)14-9-11-15(28)12-10-14)23(30)18-7-2-3-8-19(18)24(27)31/h2-13,20-22H,1H3/t20-,21+,22+/m0/s1. The van der Waals surface area contributed by atoms with Gasteiger partial charge in [-0.15, -0.1) is 0 Å². The van der Waals surface area contributed by atoms with E-state index in [4.69, 9.17) is 21.1 Å². The highest BCUT2D eigenvalue weighted by atomic mass is 35.5. The Kier molecular flexibility index (Phi) is 4.71. The molecule has 0 saturated carbocycles. The van der Waals surface area contributed by atoms with Crippen molar-refractivity contribution >= 4 is 40.7 Å². The molecule has 2 amide bonds. The number of nitrogens with zero attached hydrogens (tertiary/aromatic N) is 1. The summed E-state index contributed by atoms with van der Waals surface area (Å²) < 4.78 is 11.5. The molecule has 6 rings (SSSR count). The van der Waals surface area contributed by atoms with Crippen LogP contribution in [0.4, 0.5) is 5.69 Å². The molecule has 2 heterocycles. The van der Waals surface area contributed by atoms with E-state index in [2.05, 4.69) is 0 Å². The molecule has 35 heavy (non-hydrogen) atoms. The van der Waals surface area contributed by atoms with Crippen LogP contribution in [0, 0.1) is 11.8 Å². The fourth-order valence-electron chi connectivity index (χ4n) is 5.47. The zero-order valence-corrected chi connectivity index (χ0v) is 19.2. The van der Waals surface area contributed by atoms with E-state index in [1.165, 1.54) is 7.11 Å². The minimum Gasteiger partial charge on any atom is -0.497 e. The largest absolute Gasteiger partial charge is 0.497 e. The number of carbonyl (C=O) groups excluding carboxylic acids is 4. The minimum atomic E-state index is -2.11. The Balaban J connectivity index is 1.54. The lowest BCUT2D eigenvalue weighted by Gasteiger charge is -2.27. The lowest BCUT2D eigenvalue weighted by atomic mass is 9.77. The van der Waals surface area contributed by atoms with Crippen molar-refractivity contribution in [3.05, 3.63) is 94.5 Å². The van der Waals surface area contributed by atoms with Crippen LogP contribution in [0.25, 0.3) is 0 Å². The number of Topliss-reactive ketones (excluding diaryl/α,β-unsaturated/α-hetero) is 2. The summed E-state index contributed by atoms with van der Waals surface area (Å²) in [5, 5.41) is 0.477. The van der Waals surface area contributed by atoms with E-state index in [1.807, 2.05) is 0 Å². The number of fused-ring (bicyclic) bond motifs is 3. The number of rotatable bonds is 3. The number of ketones is 2. The van der Waals surface area contributed by atoms with Gasteiger partial charge >= 0.3 is 0 Å². The van der Waals surface area contributed by atoms with Crippen molar-refractivity contribution < 1.29 is 28.7 Å². The zero-order chi connectivity index (χ0) is 24.5. The van der Waals surface area contributed by atoms with Gasteiger partial charge in [-0.1, -0.05) is 54.1 Å². The van der Waals surface area contributed by atoms with Crippen LogP contribution >= 0.6 is 11.6 Å². The molecule has 1 spiro atoms. The van der Waals surface area contributed by atoms with Crippen molar-refractivity contribution in [2.24, 2.45) is 11.8 Å². The predicted molar refractivity (Wildman–Crippen MR) is 126 cm³/mol. The molecule has 8 heteroatoms. The van der Waals surface area contributed by atoms with Gasteiger partial charge in [0.05, 0.1) is 30.7 Å². The number of amides is 2. The number of anilines is 1. The molecular formula is C27H18ClNO6. The molecular weight excluding hydrogens is 470 g/mol. The number of ether oxygens (including phenoxy) is 2. The van der Waals surface area contributed by atoms with E-state index < -0.39 is 46.9 Å². The van der Waals surface area contributed by atoms with Gasteiger partial charge in [0.15, 0.2) is 0 Å². The van der Waals surface area contributed by atoms with E-state index in [0.29, 0.717) is 22.0 Å². The Hall–Kier alpha value is -3.81. The second-order valence-corrected chi connectivity index (χ2v) is 9.18. The molecule has 3 atom stereocenters. The van der Waals surface area contributed by atoms with Crippen LogP contribution in [0.15, 0.2) is 72.8 Å². The van der Waals surface area contributed by atoms with Crippen molar-refractivity contribution in [1.82, 2.24) is 0 Å². The summed E-state index contributed by atoms with van der Waals surface area (Å²) >= 11 is 6.05. The molecule has 0 N–H and O–H groups in total. The van der Waals surface area contributed by atoms with Crippen molar-refractivity contribution in [2.75, 3.05) is 12.0 Å². The number of imide groups is 1. The highest BCUT2D eigenvalue weighted by molar-refractivity contribution is 6.37. The second-order valence-electron chi connectivity index (χ2n) is 8.75. The van der Waals surface area contributed by atoms with Gasteiger partial charge in [0.1, 0.15) is 5.75 Å². The van der Waals surface area contributed by atoms with Gasteiger partial charge in [-0.05, 0) is 29.8 Å². The average molecular weight is 488 g/mol. The van der Waals surface area contributed by atoms with Crippen LogP contribution in [-0.4, -0.2) is 36.1 Å². The molecule has 0 unspecified atom stereocenters. The third kappa shape index (κ3) is 2.82. The molecule has 3 aliphatic rings. The molecule has 0 bridgehead atoms. The number of hydrogen-bond acceptors (Lipinski definition) is 6. The minimum absolute atomic E-state index is 0.188. The number of hydrogen-bond donors (Lipinski definition) is 0. The number of methoxy groups -OCH3 is 1. The number of benzene rings is 3. The van der Waals surface area contributed by atoms with Gasteiger partial charge in [-0.3, -0.25) is 19.2 Å². The fraction of sp³-hybridized carbons (Fsp3) is 0.185. The average Bonchev–Trinajstić information content (AvgIpc) is 3.44. The summed E-state index contributed by atoms with van der Waals surface area (Å²) in [6.07, 6.45) is -0.994. The van der Waals surface area contributed by atoms with Crippen LogP contribution in [0.5, 0.6) is 5.75 Å². The quantitative estimate of drug-likeness (QED) is 0.409. The van der Waals surface area contributed by atoms with Crippen molar-refractivity contribution in [1.29, 1.82) is 0 Å². The second kappa shape index (κ2) is 7.60. The summed E-state index contributed by atoms with van der Waals surface area (Å²) in [5.74, 6) is -4.32. The maximum Gasteiger partial charge on any atom is 0.241 e. The third-order valence-electron chi connectivity index (χ3n) is 7.03. The lowest BCUT2D eigenvalue weighted by Crippen LogP contribution is -2.51. The van der Waals surface area contributed by atoms with Crippen LogP contribution < -0.4 is 9.64 Å². The summed E-state index contributed by atoms with van der Waals surface area (Å²) in [6.45, 7) is 0. The smallest absolute Gasteiger partial charge is 0.241 e. The van der Waals surface area contributed by atoms with Crippen molar-refractivity contribution in [3.63, 3.8) is 0 Å². The predicted octanol–water partition coefficient (Wildman–Crippen LogP) is 4.04. The number of carbonyl (C=O) groups is 4. The normalized spacial score (nSPS) is 24.3. The first kappa shape index (κ1) is 21.7. The first-order valence-electron chi connectivity index (χ1n) is 11.0. The number of halogens is 1. The Morgan fingerprint density at radius 3 is 2.14 bits per heavy atom. The van der Waals surface area contributed by atoms with E-state index in [1.54, 1.807) is 72.8 Å². The SMILES string of the molecule is COc1cccc(N2C(=O)[C@@H]3[C@@H](c4ccc(Cl)cc4)OC4(C(=O)c5ccccc5C4=O)[C@H]3C2=O)c1. The lowest BCUT2D eigenvalue weighted by molar-refractivity contribution is -0.127. The molecule has 2 fully saturated rings. The summed E-state index contributed by atoms with van der Waals surface area (Å²) in [6, 6.07) is 19.5. The molecule has 3 aromatic carbocycles. The maximum absolute atomic E-state index is 13.9.